The van der Waals surface area contributed by atoms with Crippen LogP contribution in [0.3, 0.4) is 0 Å². The van der Waals surface area contributed by atoms with Crippen LogP contribution in [0.15, 0.2) is 34.5 Å². The van der Waals surface area contributed by atoms with Gasteiger partial charge in [-0.2, -0.15) is 5.10 Å². The third-order valence-electron chi connectivity index (χ3n) is 2.83. The van der Waals surface area contributed by atoms with E-state index in [4.69, 9.17) is 10.5 Å². The monoisotopic (exact) mass is 245 g/mol. The van der Waals surface area contributed by atoms with E-state index in [0.717, 1.165) is 23.4 Å². The summed E-state index contributed by atoms with van der Waals surface area (Å²) in [5, 5.41) is 8.18. The van der Waals surface area contributed by atoms with Crippen LogP contribution < -0.4 is 10.5 Å². The van der Waals surface area contributed by atoms with Gasteiger partial charge in [0.2, 0.25) is 0 Å². The van der Waals surface area contributed by atoms with Gasteiger partial charge in [-0.1, -0.05) is 19.1 Å². The van der Waals surface area contributed by atoms with Crippen LogP contribution in [0, 0.1) is 5.92 Å². The van der Waals surface area contributed by atoms with E-state index in [1.165, 1.54) is 0 Å². The second kappa shape index (κ2) is 5.21. The predicted molar refractivity (Wildman–Crippen MR) is 74.1 cm³/mol. The summed E-state index contributed by atoms with van der Waals surface area (Å²) < 4.78 is 5.68. The van der Waals surface area contributed by atoms with Crippen LogP contribution in [-0.2, 0) is 0 Å². The molecule has 1 unspecified atom stereocenters. The van der Waals surface area contributed by atoms with E-state index in [2.05, 4.69) is 17.1 Å². The molecule has 0 aliphatic carbocycles. The zero-order valence-corrected chi connectivity index (χ0v) is 11.1. The zero-order chi connectivity index (χ0) is 13.1. The van der Waals surface area contributed by atoms with E-state index in [-0.39, 0.29) is 12.0 Å². The van der Waals surface area contributed by atoms with Crippen LogP contribution in [0.4, 0.5) is 0 Å². The molecule has 1 heterocycles. The number of rotatable bonds is 3. The quantitative estimate of drug-likeness (QED) is 0.889. The number of benzene rings is 1. The number of nitrogens with zero attached hydrogens (tertiary/aromatic N) is 2. The van der Waals surface area contributed by atoms with E-state index in [1.807, 2.05) is 38.1 Å². The maximum Gasteiger partial charge on any atom is 0.125 e. The van der Waals surface area contributed by atoms with Crippen LogP contribution in [0.2, 0.25) is 0 Å². The molecule has 4 nitrogen and oxygen atoms in total. The van der Waals surface area contributed by atoms with Crippen molar-refractivity contribution in [3.8, 4) is 5.75 Å². The van der Waals surface area contributed by atoms with Crippen LogP contribution in [0.1, 0.15) is 32.8 Å². The molecule has 0 aromatic heterocycles. The van der Waals surface area contributed by atoms with E-state index in [1.54, 1.807) is 0 Å². The molecule has 0 radical (unpaired) electrons. The summed E-state index contributed by atoms with van der Waals surface area (Å²) in [7, 11) is 0. The molecule has 2 rings (SSSR count). The summed E-state index contributed by atoms with van der Waals surface area (Å²) in [6.45, 7) is 6.08. The molecule has 1 aromatic rings. The Kier molecular flexibility index (Phi) is 3.65. The summed E-state index contributed by atoms with van der Waals surface area (Å²) in [5.74, 6) is 1.71. The number of nitrogens with two attached hydrogens (primary N) is 1. The molecule has 1 aromatic carbocycles. The van der Waals surface area contributed by atoms with Gasteiger partial charge >= 0.3 is 0 Å². The maximum atomic E-state index is 5.73. The third-order valence-corrected chi connectivity index (χ3v) is 2.83. The van der Waals surface area contributed by atoms with Gasteiger partial charge in [-0.3, -0.25) is 0 Å². The molecule has 18 heavy (non-hydrogen) atoms. The number of hydrogen-bond donors (Lipinski definition) is 1. The Labute approximate surface area is 108 Å². The molecular formula is C14H19N3O. The molecular weight excluding hydrogens is 226 g/mol. The minimum Gasteiger partial charge on any atom is -0.491 e. The van der Waals surface area contributed by atoms with E-state index in [0.29, 0.717) is 5.84 Å². The lowest BCUT2D eigenvalue weighted by atomic mass is 9.97. The van der Waals surface area contributed by atoms with Gasteiger partial charge < -0.3 is 10.5 Å². The van der Waals surface area contributed by atoms with E-state index in [9.17, 15) is 0 Å². The van der Waals surface area contributed by atoms with Gasteiger partial charge in [-0.25, -0.2) is 0 Å². The Balaban J connectivity index is 2.24. The third kappa shape index (κ3) is 2.88. The van der Waals surface area contributed by atoms with E-state index < -0.39 is 0 Å². The van der Waals surface area contributed by atoms with Gasteiger partial charge in [-0.15, -0.1) is 5.10 Å². The molecule has 0 spiro atoms. The molecule has 1 aliphatic rings. The smallest absolute Gasteiger partial charge is 0.125 e. The van der Waals surface area contributed by atoms with Crippen molar-refractivity contribution in [1.82, 2.24) is 0 Å². The Hall–Kier alpha value is -1.84. The molecule has 0 bridgehead atoms. The first-order valence-electron chi connectivity index (χ1n) is 6.23. The second-order valence-electron chi connectivity index (χ2n) is 4.87. The van der Waals surface area contributed by atoms with Gasteiger partial charge in [0.1, 0.15) is 11.6 Å². The number of hydrogen-bond acceptors (Lipinski definition) is 4. The topological polar surface area (TPSA) is 60.0 Å². The lowest BCUT2D eigenvalue weighted by molar-refractivity contribution is 0.242. The number of amidine groups is 1. The minimum absolute atomic E-state index is 0.168. The van der Waals surface area contributed by atoms with Crippen LogP contribution in [-0.4, -0.2) is 17.7 Å². The predicted octanol–water partition coefficient (Wildman–Crippen LogP) is 2.57. The van der Waals surface area contributed by atoms with Gasteiger partial charge in [0.05, 0.1) is 11.8 Å². The first kappa shape index (κ1) is 12.6. The highest BCUT2D eigenvalue weighted by atomic mass is 16.5. The van der Waals surface area contributed by atoms with E-state index >= 15 is 0 Å². The molecule has 2 N–H and O–H groups in total. The largest absolute Gasteiger partial charge is 0.491 e. The van der Waals surface area contributed by atoms with Gasteiger partial charge in [0.15, 0.2) is 0 Å². The molecule has 0 amide bonds. The Morgan fingerprint density at radius 3 is 2.78 bits per heavy atom. The average Bonchev–Trinajstić information content (AvgIpc) is 2.32. The standard InChI is InChI=1S/C14H19N3O/c1-9(2)18-12-6-4-5-11(8-12)13-7-10(3)14(15)17-16-13/h4-6,8-10H,7H2,1-3H3,(H2,15,17). The highest BCUT2D eigenvalue weighted by Crippen LogP contribution is 2.20. The zero-order valence-electron chi connectivity index (χ0n) is 11.1. The average molecular weight is 245 g/mol. The first-order valence-corrected chi connectivity index (χ1v) is 6.23. The van der Waals surface area contributed by atoms with Crippen LogP contribution in [0.5, 0.6) is 5.75 Å². The van der Waals surface area contributed by atoms with Crippen molar-refractivity contribution in [3.05, 3.63) is 29.8 Å². The Morgan fingerprint density at radius 2 is 2.11 bits per heavy atom. The summed E-state index contributed by atoms with van der Waals surface area (Å²) in [6, 6.07) is 7.95. The van der Waals surface area contributed by atoms with Crippen molar-refractivity contribution in [1.29, 1.82) is 0 Å². The second-order valence-corrected chi connectivity index (χ2v) is 4.87. The van der Waals surface area contributed by atoms with Crippen molar-refractivity contribution in [3.63, 3.8) is 0 Å². The Bertz CT molecular complexity index is 492. The molecule has 1 aliphatic heterocycles. The molecule has 0 saturated carbocycles. The normalized spacial score (nSPS) is 19.4. The van der Waals surface area contributed by atoms with Gasteiger partial charge in [-0.05, 0) is 26.0 Å². The molecule has 96 valence electrons. The lowest BCUT2D eigenvalue weighted by Gasteiger charge is -2.17. The van der Waals surface area contributed by atoms with Crippen molar-refractivity contribution in [2.45, 2.75) is 33.3 Å². The van der Waals surface area contributed by atoms with Crippen LogP contribution >= 0.6 is 0 Å². The van der Waals surface area contributed by atoms with Gasteiger partial charge in [0.25, 0.3) is 0 Å². The molecule has 4 heteroatoms. The van der Waals surface area contributed by atoms with Gasteiger partial charge in [0, 0.05) is 17.9 Å². The SMILES string of the molecule is CC(C)Oc1cccc(C2=NN=C(N)C(C)C2)c1. The molecule has 0 saturated heterocycles. The fourth-order valence-corrected chi connectivity index (χ4v) is 1.85. The van der Waals surface area contributed by atoms with Crippen LogP contribution in [0.25, 0.3) is 0 Å². The Morgan fingerprint density at radius 1 is 1.33 bits per heavy atom. The van der Waals surface area contributed by atoms with Crippen molar-refractivity contribution < 1.29 is 4.74 Å². The number of ether oxygens (including phenoxy) is 1. The fraction of sp³-hybridized carbons (Fsp3) is 0.429. The first-order chi connectivity index (χ1) is 8.56. The summed E-state index contributed by atoms with van der Waals surface area (Å²) >= 11 is 0. The fourth-order valence-electron chi connectivity index (χ4n) is 1.85. The molecule has 0 fully saturated rings. The minimum atomic E-state index is 0.168. The maximum absolute atomic E-state index is 5.73. The summed E-state index contributed by atoms with van der Waals surface area (Å²) in [6.07, 6.45) is 0.988. The van der Waals surface area contributed by atoms with Crippen molar-refractivity contribution >= 4 is 11.5 Å². The lowest BCUT2D eigenvalue weighted by Crippen LogP contribution is -2.26. The molecule has 1 atom stereocenters. The summed E-state index contributed by atoms with van der Waals surface area (Å²) in [4.78, 5) is 0. The van der Waals surface area contributed by atoms with Crippen molar-refractivity contribution in [2.75, 3.05) is 0 Å². The summed E-state index contributed by atoms with van der Waals surface area (Å²) in [5.41, 5.74) is 7.75. The van der Waals surface area contributed by atoms with Crippen molar-refractivity contribution in [2.24, 2.45) is 21.9 Å². The highest BCUT2D eigenvalue weighted by Gasteiger charge is 2.17. The highest BCUT2D eigenvalue weighted by molar-refractivity contribution is 6.04.